The molecule has 110 valence electrons. The van der Waals surface area contributed by atoms with E-state index in [0.717, 1.165) is 37.9 Å². The largest absolute Gasteiger partial charge is 0.316 e. The maximum Gasteiger partial charge on any atom is 0.0628 e. The smallest absolute Gasteiger partial charge is 0.0628 e. The van der Waals surface area contributed by atoms with Crippen molar-refractivity contribution in [1.82, 2.24) is 15.1 Å². The van der Waals surface area contributed by atoms with Crippen LogP contribution in [-0.4, -0.2) is 22.9 Å². The second-order valence-electron chi connectivity index (χ2n) is 6.40. The van der Waals surface area contributed by atoms with Gasteiger partial charge in [0.2, 0.25) is 0 Å². The van der Waals surface area contributed by atoms with Crippen molar-refractivity contribution in [3.8, 4) is 0 Å². The first-order chi connectivity index (χ1) is 8.91. The Morgan fingerprint density at radius 3 is 2.37 bits per heavy atom. The molecule has 0 aliphatic rings. The topological polar surface area (TPSA) is 29.9 Å². The van der Waals surface area contributed by atoms with Gasteiger partial charge in [-0.2, -0.15) is 5.10 Å². The van der Waals surface area contributed by atoms with E-state index >= 15 is 0 Å². The molecular weight excluding hydrogens is 234 g/mol. The molecule has 1 aromatic rings. The van der Waals surface area contributed by atoms with E-state index in [2.05, 4.69) is 56.6 Å². The number of hydrogen-bond acceptors (Lipinski definition) is 2. The average Bonchev–Trinajstić information content (AvgIpc) is 2.58. The van der Waals surface area contributed by atoms with Gasteiger partial charge in [-0.1, -0.05) is 27.7 Å². The summed E-state index contributed by atoms with van der Waals surface area (Å²) in [5.41, 5.74) is 3.98. The zero-order valence-electron chi connectivity index (χ0n) is 13.6. The first-order valence-electron chi connectivity index (χ1n) is 7.65. The zero-order chi connectivity index (χ0) is 14.4. The minimum Gasteiger partial charge on any atom is -0.316 e. The monoisotopic (exact) mass is 265 g/mol. The molecule has 0 bridgehead atoms. The van der Waals surface area contributed by atoms with Gasteiger partial charge >= 0.3 is 0 Å². The lowest BCUT2D eigenvalue weighted by atomic mass is 10.1. The predicted octanol–water partition coefficient (Wildman–Crippen LogP) is 3.33. The summed E-state index contributed by atoms with van der Waals surface area (Å²) >= 11 is 0. The molecule has 0 unspecified atom stereocenters. The third-order valence-electron chi connectivity index (χ3n) is 3.55. The van der Waals surface area contributed by atoms with Crippen molar-refractivity contribution >= 4 is 0 Å². The molecule has 1 rings (SSSR count). The number of aryl methyl sites for hydroxylation is 2. The summed E-state index contributed by atoms with van der Waals surface area (Å²) in [7, 11) is 0. The third kappa shape index (κ3) is 5.35. The minimum absolute atomic E-state index is 0.718. The molecule has 0 saturated carbocycles. The van der Waals surface area contributed by atoms with Gasteiger partial charge in [0.15, 0.2) is 0 Å². The van der Waals surface area contributed by atoms with Crippen LogP contribution in [0.15, 0.2) is 0 Å². The molecule has 0 aliphatic heterocycles. The van der Waals surface area contributed by atoms with Crippen molar-refractivity contribution in [3.63, 3.8) is 0 Å². The van der Waals surface area contributed by atoms with E-state index in [1.54, 1.807) is 0 Å². The molecule has 1 aromatic heterocycles. The van der Waals surface area contributed by atoms with E-state index in [0.29, 0.717) is 0 Å². The van der Waals surface area contributed by atoms with Crippen LogP contribution in [-0.2, 0) is 13.0 Å². The number of hydrogen-bond donors (Lipinski definition) is 1. The molecule has 1 N–H and O–H groups in total. The quantitative estimate of drug-likeness (QED) is 0.731. The van der Waals surface area contributed by atoms with Gasteiger partial charge < -0.3 is 5.32 Å². The Balaban J connectivity index is 2.53. The predicted molar refractivity (Wildman–Crippen MR) is 82.6 cm³/mol. The Morgan fingerprint density at radius 1 is 1.11 bits per heavy atom. The molecule has 0 amide bonds. The highest BCUT2D eigenvalue weighted by molar-refractivity contribution is 5.24. The Kier molecular flexibility index (Phi) is 6.56. The lowest BCUT2D eigenvalue weighted by molar-refractivity contribution is 0.478. The van der Waals surface area contributed by atoms with Crippen LogP contribution in [0.4, 0.5) is 0 Å². The Morgan fingerprint density at radius 2 is 1.79 bits per heavy atom. The van der Waals surface area contributed by atoms with Crippen LogP contribution < -0.4 is 5.32 Å². The van der Waals surface area contributed by atoms with Crippen molar-refractivity contribution in [2.75, 3.05) is 13.1 Å². The molecule has 0 radical (unpaired) electrons. The molecular formula is C16H31N3. The summed E-state index contributed by atoms with van der Waals surface area (Å²) < 4.78 is 2.19. The molecule has 0 spiro atoms. The van der Waals surface area contributed by atoms with Gasteiger partial charge in [0, 0.05) is 12.2 Å². The van der Waals surface area contributed by atoms with Crippen LogP contribution in [0.25, 0.3) is 0 Å². The molecule has 0 atom stereocenters. The van der Waals surface area contributed by atoms with Gasteiger partial charge in [0.1, 0.15) is 0 Å². The summed E-state index contributed by atoms with van der Waals surface area (Å²) in [6, 6.07) is 0. The van der Waals surface area contributed by atoms with Crippen LogP contribution in [0, 0.1) is 25.7 Å². The van der Waals surface area contributed by atoms with Gasteiger partial charge in [0.25, 0.3) is 0 Å². The fourth-order valence-corrected chi connectivity index (χ4v) is 2.30. The summed E-state index contributed by atoms with van der Waals surface area (Å²) in [6.07, 6.45) is 2.29. The third-order valence-corrected chi connectivity index (χ3v) is 3.55. The van der Waals surface area contributed by atoms with Gasteiger partial charge in [-0.05, 0) is 57.2 Å². The Bertz CT molecular complexity index is 378. The number of rotatable bonds is 8. The molecule has 0 fully saturated rings. The first-order valence-corrected chi connectivity index (χ1v) is 7.65. The molecule has 1 heterocycles. The second-order valence-corrected chi connectivity index (χ2v) is 6.40. The van der Waals surface area contributed by atoms with E-state index in [-0.39, 0.29) is 0 Å². The van der Waals surface area contributed by atoms with Crippen LogP contribution in [0.1, 0.15) is 51.1 Å². The lowest BCUT2D eigenvalue weighted by Gasteiger charge is -2.09. The van der Waals surface area contributed by atoms with Crippen LogP contribution in [0.5, 0.6) is 0 Å². The van der Waals surface area contributed by atoms with Crippen LogP contribution in [0.2, 0.25) is 0 Å². The van der Waals surface area contributed by atoms with Crippen molar-refractivity contribution < 1.29 is 0 Å². The fraction of sp³-hybridized carbons (Fsp3) is 0.812. The van der Waals surface area contributed by atoms with E-state index in [1.807, 2.05) is 0 Å². The van der Waals surface area contributed by atoms with Crippen molar-refractivity contribution in [2.24, 2.45) is 11.8 Å². The highest BCUT2D eigenvalue weighted by atomic mass is 15.3. The molecule has 0 saturated heterocycles. The molecule has 0 aliphatic carbocycles. The number of nitrogens with zero attached hydrogens (tertiary/aromatic N) is 2. The van der Waals surface area contributed by atoms with Crippen molar-refractivity contribution in [1.29, 1.82) is 0 Å². The standard InChI is InChI=1S/C16H31N3/c1-12(2)8-10-19-15(6)16(14(5)18-19)7-9-17-11-13(3)4/h12-13,17H,7-11H2,1-6H3. The van der Waals surface area contributed by atoms with E-state index in [4.69, 9.17) is 0 Å². The maximum atomic E-state index is 4.68. The maximum absolute atomic E-state index is 4.68. The minimum atomic E-state index is 0.718. The van der Waals surface area contributed by atoms with E-state index in [9.17, 15) is 0 Å². The molecule has 3 heteroatoms. The van der Waals surface area contributed by atoms with E-state index in [1.165, 1.54) is 23.4 Å². The van der Waals surface area contributed by atoms with Gasteiger partial charge in [-0.25, -0.2) is 0 Å². The number of aromatic nitrogens is 2. The highest BCUT2D eigenvalue weighted by Gasteiger charge is 2.11. The molecule has 3 nitrogen and oxygen atoms in total. The Hall–Kier alpha value is -0.830. The summed E-state index contributed by atoms with van der Waals surface area (Å²) in [5, 5.41) is 8.20. The summed E-state index contributed by atoms with van der Waals surface area (Å²) in [6.45, 7) is 16.6. The van der Waals surface area contributed by atoms with Crippen LogP contribution in [0.3, 0.4) is 0 Å². The lowest BCUT2D eigenvalue weighted by Crippen LogP contribution is -2.22. The highest BCUT2D eigenvalue weighted by Crippen LogP contribution is 2.15. The second kappa shape index (κ2) is 7.68. The zero-order valence-corrected chi connectivity index (χ0v) is 13.6. The van der Waals surface area contributed by atoms with Crippen molar-refractivity contribution in [2.45, 2.75) is 60.9 Å². The number of nitrogens with one attached hydrogen (secondary N) is 1. The van der Waals surface area contributed by atoms with Crippen LogP contribution >= 0.6 is 0 Å². The molecule has 0 aromatic carbocycles. The van der Waals surface area contributed by atoms with Gasteiger partial charge in [-0.3, -0.25) is 4.68 Å². The Labute approximate surface area is 118 Å². The summed E-state index contributed by atoms with van der Waals surface area (Å²) in [5.74, 6) is 1.45. The van der Waals surface area contributed by atoms with Gasteiger partial charge in [0.05, 0.1) is 5.69 Å². The summed E-state index contributed by atoms with van der Waals surface area (Å²) in [4.78, 5) is 0. The van der Waals surface area contributed by atoms with Gasteiger partial charge in [-0.15, -0.1) is 0 Å². The fourth-order valence-electron chi connectivity index (χ4n) is 2.30. The van der Waals surface area contributed by atoms with E-state index < -0.39 is 0 Å². The van der Waals surface area contributed by atoms with Crippen molar-refractivity contribution in [3.05, 3.63) is 17.0 Å². The molecule has 19 heavy (non-hydrogen) atoms. The average molecular weight is 265 g/mol. The normalized spacial score (nSPS) is 11.8. The SMILES string of the molecule is Cc1nn(CCC(C)C)c(C)c1CCNCC(C)C. The first kappa shape index (κ1) is 16.2.